The Labute approximate surface area is 212 Å². The molecule has 0 unspecified atom stereocenters. The van der Waals surface area contributed by atoms with Crippen molar-refractivity contribution in [1.29, 1.82) is 0 Å². The van der Waals surface area contributed by atoms with E-state index in [9.17, 15) is 13.2 Å². The van der Waals surface area contributed by atoms with E-state index in [2.05, 4.69) is 10.3 Å². The third kappa shape index (κ3) is 5.02. The summed E-state index contributed by atoms with van der Waals surface area (Å²) in [5, 5.41) is 5.93. The predicted octanol–water partition coefficient (Wildman–Crippen LogP) is 4.33. The molecule has 3 aromatic rings. The maximum atomic E-state index is 13.0. The summed E-state index contributed by atoms with van der Waals surface area (Å²) in [6, 6.07) is 10.4. The Balaban J connectivity index is 1.17. The second-order valence-electron chi connectivity index (χ2n) is 8.53. The Morgan fingerprint density at radius 1 is 1.17 bits per heavy atom. The molecule has 2 aliphatic heterocycles. The van der Waals surface area contributed by atoms with E-state index in [1.165, 1.54) is 21.7 Å². The minimum absolute atomic E-state index is 0.114. The highest BCUT2D eigenvalue weighted by atomic mass is 35.5. The van der Waals surface area contributed by atoms with Gasteiger partial charge in [0.15, 0.2) is 11.5 Å². The summed E-state index contributed by atoms with van der Waals surface area (Å²) < 4.78 is 38.2. The smallest absolute Gasteiger partial charge is 0.271 e. The Kier molecular flexibility index (Phi) is 6.71. The number of nitrogens with zero attached hydrogens (tertiary/aromatic N) is 2. The zero-order valence-corrected chi connectivity index (χ0v) is 21.4. The number of aromatic nitrogens is 1. The van der Waals surface area contributed by atoms with Gasteiger partial charge >= 0.3 is 0 Å². The Morgan fingerprint density at radius 3 is 2.71 bits per heavy atom. The van der Waals surface area contributed by atoms with Crippen LogP contribution in [-0.4, -0.2) is 43.5 Å². The molecule has 11 heteroatoms. The SMILES string of the molecule is Cc1ccc(S(=O)(=O)N2CCC(c3nc(C(=O)NCc4ccc5c(c4)OCO5)cs3)CC2)cc1Cl. The van der Waals surface area contributed by atoms with Gasteiger partial charge in [-0.3, -0.25) is 4.79 Å². The van der Waals surface area contributed by atoms with Crippen LogP contribution in [0.5, 0.6) is 11.5 Å². The molecule has 1 aromatic heterocycles. The number of aryl methyl sites for hydroxylation is 1. The molecule has 184 valence electrons. The molecule has 8 nitrogen and oxygen atoms in total. The van der Waals surface area contributed by atoms with Gasteiger partial charge in [0.05, 0.1) is 9.90 Å². The number of hydrogen-bond acceptors (Lipinski definition) is 7. The lowest BCUT2D eigenvalue weighted by Crippen LogP contribution is -2.37. The molecule has 0 saturated carbocycles. The third-order valence-corrected chi connectivity index (χ3v) is 9.54. The fourth-order valence-electron chi connectivity index (χ4n) is 4.13. The number of rotatable bonds is 6. The van der Waals surface area contributed by atoms with E-state index >= 15 is 0 Å². The number of halogens is 1. The lowest BCUT2D eigenvalue weighted by Gasteiger charge is -2.30. The summed E-state index contributed by atoms with van der Waals surface area (Å²) in [6.07, 6.45) is 1.29. The molecule has 2 aromatic carbocycles. The molecule has 5 rings (SSSR count). The van der Waals surface area contributed by atoms with Crippen LogP contribution >= 0.6 is 22.9 Å². The zero-order chi connectivity index (χ0) is 24.6. The van der Waals surface area contributed by atoms with Gasteiger partial charge in [-0.15, -0.1) is 11.3 Å². The summed E-state index contributed by atoms with van der Waals surface area (Å²) in [5.74, 6) is 1.24. The lowest BCUT2D eigenvalue weighted by atomic mass is 9.99. The number of hydrogen-bond donors (Lipinski definition) is 1. The predicted molar refractivity (Wildman–Crippen MR) is 133 cm³/mol. The van der Waals surface area contributed by atoms with Gasteiger partial charge in [-0.25, -0.2) is 13.4 Å². The van der Waals surface area contributed by atoms with Crippen molar-refractivity contribution < 1.29 is 22.7 Å². The molecule has 1 amide bonds. The highest BCUT2D eigenvalue weighted by Crippen LogP contribution is 2.34. The van der Waals surface area contributed by atoms with Gasteiger partial charge < -0.3 is 14.8 Å². The number of thiazole rings is 1. The van der Waals surface area contributed by atoms with Gasteiger partial charge in [-0.2, -0.15) is 4.31 Å². The van der Waals surface area contributed by atoms with Crippen LogP contribution in [0, 0.1) is 6.92 Å². The van der Waals surface area contributed by atoms with E-state index < -0.39 is 10.0 Å². The zero-order valence-electron chi connectivity index (χ0n) is 19.0. The first-order valence-corrected chi connectivity index (χ1v) is 13.9. The third-order valence-electron chi connectivity index (χ3n) is 6.23. The van der Waals surface area contributed by atoms with Crippen LogP contribution in [0.3, 0.4) is 0 Å². The Morgan fingerprint density at radius 2 is 1.94 bits per heavy atom. The number of sulfonamides is 1. The van der Waals surface area contributed by atoms with Crippen molar-refractivity contribution in [2.24, 2.45) is 0 Å². The van der Waals surface area contributed by atoms with Crippen molar-refractivity contribution in [3.05, 3.63) is 68.6 Å². The van der Waals surface area contributed by atoms with E-state index in [0.717, 1.165) is 16.1 Å². The average molecular weight is 534 g/mol. The number of piperidine rings is 1. The largest absolute Gasteiger partial charge is 0.454 e. The minimum Gasteiger partial charge on any atom is -0.454 e. The Hall–Kier alpha value is -2.66. The van der Waals surface area contributed by atoms with Crippen molar-refractivity contribution in [3.8, 4) is 11.5 Å². The maximum Gasteiger partial charge on any atom is 0.271 e. The molecule has 0 atom stereocenters. The van der Waals surface area contributed by atoms with Crippen LogP contribution in [0.4, 0.5) is 0 Å². The topological polar surface area (TPSA) is 97.8 Å². The number of benzene rings is 2. The molecule has 1 fully saturated rings. The van der Waals surface area contributed by atoms with Gasteiger partial charge in [0, 0.05) is 36.0 Å². The van der Waals surface area contributed by atoms with Crippen molar-refractivity contribution in [3.63, 3.8) is 0 Å². The summed E-state index contributed by atoms with van der Waals surface area (Å²) >= 11 is 7.57. The fraction of sp³-hybridized carbons (Fsp3) is 0.333. The van der Waals surface area contributed by atoms with Gasteiger partial charge in [-0.1, -0.05) is 23.7 Å². The molecule has 35 heavy (non-hydrogen) atoms. The highest BCUT2D eigenvalue weighted by molar-refractivity contribution is 7.89. The first-order valence-electron chi connectivity index (χ1n) is 11.2. The molecule has 1 N–H and O–H groups in total. The minimum atomic E-state index is -3.60. The molecule has 0 radical (unpaired) electrons. The normalized spacial score (nSPS) is 16.4. The first kappa shape index (κ1) is 24.1. The lowest BCUT2D eigenvalue weighted by molar-refractivity contribution is 0.0946. The summed E-state index contributed by atoms with van der Waals surface area (Å²) in [4.78, 5) is 17.4. The molecule has 0 spiro atoms. The molecular weight excluding hydrogens is 510 g/mol. The molecule has 0 aliphatic carbocycles. The van der Waals surface area contributed by atoms with Crippen molar-refractivity contribution in [1.82, 2.24) is 14.6 Å². The second kappa shape index (κ2) is 9.77. The van der Waals surface area contributed by atoms with Crippen LogP contribution in [-0.2, 0) is 16.6 Å². The van der Waals surface area contributed by atoms with Crippen LogP contribution < -0.4 is 14.8 Å². The van der Waals surface area contributed by atoms with Crippen LogP contribution in [0.2, 0.25) is 5.02 Å². The van der Waals surface area contributed by atoms with E-state index in [1.54, 1.807) is 17.5 Å². The summed E-state index contributed by atoms with van der Waals surface area (Å²) in [7, 11) is -3.60. The average Bonchev–Trinajstić information content (AvgIpc) is 3.54. The first-order chi connectivity index (χ1) is 16.8. The maximum absolute atomic E-state index is 13.0. The van der Waals surface area contributed by atoms with Gasteiger partial charge in [0.25, 0.3) is 5.91 Å². The number of nitrogens with one attached hydrogen (secondary N) is 1. The molecule has 1 saturated heterocycles. The van der Waals surface area contributed by atoms with E-state index in [-0.39, 0.29) is 23.5 Å². The molecule has 3 heterocycles. The monoisotopic (exact) mass is 533 g/mol. The van der Waals surface area contributed by atoms with Crippen LogP contribution in [0.15, 0.2) is 46.7 Å². The highest BCUT2D eigenvalue weighted by Gasteiger charge is 2.31. The fourth-order valence-corrected chi connectivity index (χ4v) is 6.84. The van der Waals surface area contributed by atoms with Crippen molar-refractivity contribution >= 4 is 38.9 Å². The summed E-state index contributed by atoms with van der Waals surface area (Å²) in [5.41, 5.74) is 2.11. The standard InChI is InChI=1S/C24H24ClN3O5S2/c1-15-2-4-18(11-19(15)25)35(30,31)28-8-6-17(7-9-28)24-27-20(13-34-24)23(29)26-12-16-3-5-21-22(10-16)33-14-32-21/h2-5,10-11,13,17H,6-9,12,14H2,1H3,(H,26,29). The van der Waals surface area contributed by atoms with Gasteiger partial charge in [-0.05, 0) is 55.2 Å². The van der Waals surface area contributed by atoms with E-state index in [0.29, 0.717) is 54.7 Å². The van der Waals surface area contributed by atoms with Gasteiger partial charge in [0.2, 0.25) is 16.8 Å². The molecular formula is C24H24ClN3O5S2. The number of amides is 1. The second-order valence-corrected chi connectivity index (χ2v) is 11.8. The van der Waals surface area contributed by atoms with E-state index in [4.69, 9.17) is 21.1 Å². The number of fused-ring (bicyclic) bond motifs is 1. The quantitative estimate of drug-likeness (QED) is 0.506. The van der Waals surface area contributed by atoms with Crippen LogP contribution in [0.1, 0.15) is 45.4 Å². The Bertz CT molecular complexity index is 1370. The number of ether oxygens (including phenoxy) is 2. The van der Waals surface area contributed by atoms with Crippen molar-refractivity contribution in [2.75, 3.05) is 19.9 Å². The van der Waals surface area contributed by atoms with Gasteiger partial charge in [0.1, 0.15) is 5.69 Å². The van der Waals surface area contributed by atoms with Crippen molar-refractivity contribution in [2.45, 2.75) is 37.1 Å². The summed E-state index contributed by atoms with van der Waals surface area (Å²) in [6.45, 7) is 3.18. The molecule has 0 bridgehead atoms. The van der Waals surface area contributed by atoms with E-state index in [1.807, 2.05) is 25.1 Å². The molecule has 2 aliphatic rings. The number of carbonyl (C=O) groups is 1. The number of carbonyl (C=O) groups excluding carboxylic acids is 1. The van der Waals surface area contributed by atoms with Crippen LogP contribution in [0.25, 0.3) is 0 Å².